The van der Waals surface area contributed by atoms with Crippen LogP contribution in [0.25, 0.3) is 0 Å². The molecule has 5 nitrogen and oxygen atoms in total. The van der Waals surface area contributed by atoms with E-state index in [1.54, 1.807) is 12.1 Å². The Morgan fingerprint density at radius 1 is 1.18 bits per heavy atom. The number of nitrogens with zero attached hydrogens (tertiary/aromatic N) is 2. The molecule has 5 rings (SSSR count). The second-order valence-corrected chi connectivity index (χ2v) is 13.4. The van der Waals surface area contributed by atoms with E-state index in [1.165, 1.54) is 24.3 Å². The van der Waals surface area contributed by atoms with Gasteiger partial charge in [-0.2, -0.15) is 5.26 Å². The molecule has 2 aromatic carbocycles. The second-order valence-electron chi connectivity index (χ2n) is 12.5. The summed E-state index contributed by atoms with van der Waals surface area (Å²) in [7, 11) is 0. The topological polar surface area (TPSA) is 62.6 Å². The fourth-order valence-corrected chi connectivity index (χ4v) is 7.49. The number of fused-ring (bicyclic) bond motifs is 1. The smallest absolute Gasteiger partial charge is 0.163 e. The third-order valence-electron chi connectivity index (χ3n) is 8.67. The fourth-order valence-electron chi connectivity index (χ4n) is 7.15. The fraction of sp³-hybridized carbons (Fsp3) is 0.548. The van der Waals surface area contributed by atoms with Crippen molar-refractivity contribution in [2.24, 2.45) is 5.41 Å². The van der Waals surface area contributed by atoms with Gasteiger partial charge in [-0.25, -0.2) is 8.78 Å². The van der Waals surface area contributed by atoms with Crippen LogP contribution >= 0.6 is 23.2 Å². The Kier molecular flexibility index (Phi) is 7.82. The molecule has 3 fully saturated rings. The van der Waals surface area contributed by atoms with E-state index < -0.39 is 40.8 Å². The minimum Gasteiger partial charge on any atom is -0.348 e. The van der Waals surface area contributed by atoms with Gasteiger partial charge in [0.05, 0.1) is 29.8 Å². The number of halogens is 4. The van der Waals surface area contributed by atoms with E-state index in [4.69, 9.17) is 32.7 Å². The summed E-state index contributed by atoms with van der Waals surface area (Å²) in [5.74, 6) is -3.10. The van der Waals surface area contributed by atoms with Gasteiger partial charge in [-0.05, 0) is 62.3 Å². The molecular formula is C31H34Cl2F2N2O3. The predicted octanol–water partition coefficient (Wildman–Crippen LogP) is 7.19. The number of ketones is 1. The van der Waals surface area contributed by atoms with Crippen molar-refractivity contribution in [1.29, 1.82) is 5.26 Å². The molecule has 0 bridgehead atoms. The number of carbonyl (C=O) groups excluding carboxylic acids is 1. The number of hydrogen-bond acceptors (Lipinski definition) is 5. The lowest BCUT2D eigenvalue weighted by atomic mass is 9.62. The van der Waals surface area contributed by atoms with Crippen molar-refractivity contribution in [1.82, 2.24) is 4.90 Å². The van der Waals surface area contributed by atoms with Crippen LogP contribution in [0.4, 0.5) is 8.78 Å². The lowest BCUT2D eigenvalue weighted by Crippen LogP contribution is -2.42. The van der Waals surface area contributed by atoms with Crippen LogP contribution in [0, 0.1) is 28.4 Å². The van der Waals surface area contributed by atoms with Crippen LogP contribution in [-0.4, -0.2) is 47.8 Å². The number of nitriles is 1. The van der Waals surface area contributed by atoms with Crippen molar-refractivity contribution in [3.8, 4) is 6.07 Å². The molecule has 3 aliphatic rings. The quantitative estimate of drug-likeness (QED) is 0.341. The number of Topliss-reactive ketones (excluding diaryl/α,β-unsaturated/α-hetero) is 1. The highest BCUT2D eigenvalue weighted by atomic mass is 35.5. The highest BCUT2D eigenvalue weighted by Crippen LogP contribution is 2.60. The first kappa shape index (κ1) is 29.4. The molecule has 0 unspecified atom stereocenters. The highest BCUT2D eigenvalue weighted by molar-refractivity contribution is 6.31. The molecule has 0 aromatic heterocycles. The SMILES string of the molecule is CC1(C)C[C@@H]2N(C1)[C@@H](C(=O)CCC[C@H]1COC(C)(C)O1)[C@H](c1cccc(Cl)c1F)[C@@]2(C#N)c1ccc(Cl)cc1F. The number of hydrogen-bond donors (Lipinski definition) is 0. The average Bonchev–Trinajstić information content (AvgIpc) is 3.47. The monoisotopic (exact) mass is 590 g/mol. The molecule has 0 radical (unpaired) electrons. The van der Waals surface area contributed by atoms with Gasteiger partial charge in [0.1, 0.15) is 17.0 Å². The maximum absolute atomic E-state index is 15.8. The number of rotatable bonds is 7. The summed E-state index contributed by atoms with van der Waals surface area (Å²) < 4.78 is 43.1. The van der Waals surface area contributed by atoms with Gasteiger partial charge in [0.25, 0.3) is 0 Å². The molecule has 0 amide bonds. The van der Waals surface area contributed by atoms with Crippen LogP contribution in [0.2, 0.25) is 10.0 Å². The summed E-state index contributed by atoms with van der Waals surface area (Å²) in [4.78, 5) is 16.2. The molecule has 2 aromatic rings. The Balaban J connectivity index is 1.60. The standard InChI is InChI=1S/C31H34Cl2F2N2O3/c1-29(2)14-25-31(16-36,21-12-11-18(32)13-23(21)34)26(20-8-6-9-22(33)27(20)35)28(37(25)17-29)24(38)10-5-7-19-15-39-30(3,4)40-19/h6,8-9,11-13,19,25-26,28H,5,7,10,14-15,17H2,1-4H3/t19-,25-,26-,28-,31-/m0/s1. The Bertz CT molecular complexity index is 1360. The molecule has 0 N–H and O–H groups in total. The molecule has 5 atom stereocenters. The molecule has 3 aliphatic heterocycles. The lowest BCUT2D eigenvalue weighted by Gasteiger charge is -2.36. The largest absolute Gasteiger partial charge is 0.348 e. The van der Waals surface area contributed by atoms with Gasteiger partial charge in [0.2, 0.25) is 0 Å². The van der Waals surface area contributed by atoms with Crippen molar-refractivity contribution in [2.45, 2.75) is 88.7 Å². The van der Waals surface area contributed by atoms with E-state index in [2.05, 4.69) is 19.9 Å². The van der Waals surface area contributed by atoms with Crippen LogP contribution < -0.4 is 0 Å². The van der Waals surface area contributed by atoms with E-state index in [0.29, 0.717) is 32.4 Å². The van der Waals surface area contributed by atoms with Crippen LogP contribution in [0.3, 0.4) is 0 Å². The first-order valence-corrected chi connectivity index (χ1v) is 14.5. The average molecular weight is 592 g/mol. The van der Waals surface area contributed by atoms with E-state index in [9.17, 15) is 10.1 Å². The normalized spacial score (nSPS) is 30.8. The zero-order chi connectivity index (χ0) is 29.0. The number of ether oxygens (including phenoxy) is 2. The first-order valence-electron chi connectivity index (χ1n) is 13.7. The summed E-state index contributed by atoms with van der Waals surface area (Å²) in [5, 5.41) is 11.0. The van der Waals surface area contributed by atoms with Crippen LogP contribution in [0.1, 0.15) is 70.4 Å². The second kappa shape index (κ2) is 10.6. The third kappa shape index (κ3) is 5.07. The minimum absolute atomic E-state index is 0.111. The molecule has 0 spiro atoms. The molecule has 0 saturated carbocycles. The summed E-state index contributed by atoms with van der Waals surface area (Å²) >= 11 is 12.3. The molecule has 3 heterocycles. The van der Waals surface area contributed by atoms with E-state index in [1.807, 2.05) is 18.7 Å². The Morgan fingerprint density at radius 3 is 2.58 bits per heavy atom. The zero-order valence-corrected chi connectivity index (χ0v) is 24.7. The Hall–Kier alpha value is -2.08. The predicted molar refractivity (Wildman–Crippen MR) is 149 cm³/mol. The zero-order valence-electron chi connectivity index (χ0n) is 23.1. The van der Waals surface area contributed by atoms with E-state index in [-0.39, 0.29) is 44.9 Å². The van der Waals surface area contributed by atoms with Gasteiger partial charge in [0, 0.05) is 35.5 Å². The van der Waals surface area contributed by atoms with E-state index in [0.717, 1.165) is 0 Å². The minimum atomic E-state index is -1.55. The molecule has 9 heteroatoms. The summed E-state index contributed by atoms with van der Waals surface area (Å²) in [5.41, 5.74) is -1.54. The van der Waals surface area contributed by atoms with Gasteiger partial charge in [-0.3, -0.25) is 9.69 Å². The molecule has 0 aliphatic carbocycles. The van der Waals surface area contributed by atoms with Gasteiger partial charge in [-0.15, -0.1) is 0 Å². The molecular weight excluding hydrogens is 557 g/mol. The molecule has 3 saturated heterocycles. The maximum atomic E-state index is 15.8. The van der Waals surface area contributed by atoms with Gasteiger partial charge >= 0.3 is 0 Å². The van der Waals surface area contributed by atoms with Crippen molar-refractivity contribution < 1.29 is 23.0 Å². The Morgan fingerprint density at radius 2 is 1.93 bits per heavy atom. The summed E-state index contributed by atoms with van der Waals surface area (Å²) in [6, 6.07) is 9.88. The van der Waals surface area contributed by atoms with Gasteiger partial charge < -0.3 is 9.47 Å². The summed E-state index contributed by atoms with van der Waals surface area (Å²) in [6.45, 7) is 8.82. The van der Waals surface area contributed by atoms with Crippen molar-refractivity contribution in [2.75, 3.05) is 13.2 Å². The highest BCUT2D eigenvalue weighted by Gasteiger charge is 2.67. The van der Waals surface area contributed by atoms with E-state index >= 15 is 8.78 Å². The van der Waals surface area contributed by atoms with Crippen LogP contribution in [-0.2, 0) is 19.7 Å². The first-order chi connectivity index (χ1) is 18.8. The lowest BCUT2D eigenvalue weighted by molar-refractivity contribution is -0.139. The van der Waals surface area contributed by atoms with Crippen molar-refractivity contribution in [3.63, 3.8) is 0 Å². The van der Waals surface area contributed by atoms with Crippen LogP contribution in [0.5, 0.6) is 0 Å². The maximum Gasteiger partial charge on any atom is 0.163 e. The number of carbonyl (C=O) groups is 1. The third-order valence-corrected chi connectivity index (χ3v) is 9.20. The molecule has 214 valence electrons. The van der Waals surface area contributed by atoms with Gasteiger partial charge in [0.15, 0.2) is 11.6 Å². The molecule has 40 heavy (non-hydrogen) atoms. The van der Waals surface area contributed by atoms with Crippen molar-refractivity contribution >= 4 is 29.0 Å². The number of benzene rings is 2. The van der Waals surface area contributed by atoms with Crippen molar-refractivity contribution in [3.05, 3.63) is 69.2 Å². The van der Waals surface area contributed by atoms with Gasteiger partial charge in [-0.1, -0.05) is 55.2 Å². The van der Waals surface area contributed by atoms with Crippen LogP contribution in [0.15, 0.2) is 36.4 Å². The Labute approximate surface area is 244 Å². The summed E-state index contributed by atoms with van der Waals surface area (Å²) in [6.07, 6.45) is 1.79.